The Morgan fingerprint density at radius 2 is 2.04 bits per heavy atom. The minimum absolute atomic E-state index is 0.0395. The van der Waals surface area contributed by atoms with Crippen LogP contribution in [0.25, 0.3) is 11.0 Å². The molecule has 1 fully saturated rings. The summed E-state index contributed by atoms with van der Waals surface area (Å²) in [6.45, 7) is 7.92. The Labute approximate surface area is 136 Å². The number of hydrogen-bond donors (Lipinski definition) is 0. The number of aromatic nitrogens is 3. The number of aryl methyl sites for hydroxylation is 3. The van der Waals surface area contributed by atoms with E-state index >= 15 is 0 Å². The number of fused-ring (bicyclic) bond motifs is 1. The first-order chi connectivity index (χ1) is 11.0. The average molecular weight is 316 g/mol. The molecule has 6 heteroatoms. The standard InChI is InChI=1S/C17H24N4O2/c1-11-5-7-21(8-6-11)15(22)10-23-14-9-12(2)16-13(3)19-20(4)17(16)18-14/h9,11H,5-8,10H2,1-4H3. The van der Waals surface area contributed by atoms with Gasteiger partial charge < -0.3 is 9.64 Å². The molecule has 3 heterocycles. The molecule has 0 saturated carbocycles. The van der Waals surface area contributed by atoms with Gasteiger partial charge in [-0.05, 0) is 38.2 Å². The molecule has 0 bridgehead atoms. The van der Waals surface area contributed by atoms with Crippen molar-refractivity contribution in [3.05, 3.63) is 17.3 Å². The molecule has 124 valence electrons. The molecule has 0 spiro atoms. The second-order valence-electron chi connectivity index (χ2n) is 6.54. The summed E-state index contributed by atoms with van der Waals surface area (Å²) in [6.07, 6.45) is 2.15. The van der Waals surface area contributed by atoms with Gasteiger partial charge in [-0.3, -0.25) is 9.48 Å². The maximum Gasteiger partial charge on any atom is 0.260 e. The van der Waals surface area contributed by atoms with E-state index in [-0.39, 0.29) is 12.5 Å². The molecule has 3 rings (SSSR count). The highest BCUT2D eigenvalue weighted by molar-refractivity contribution is 5.82. The van der Waals surface area contributed by atoms with Crippen LogP contribution in [0.2, 0.25) is 0 Å². The van der Waals surface area contributed by atoms with E-state index in [1.807, 2.05) is 31.9 Å². The number of ether oxygens (including phenoxy) is 1. The van der Waals surface area contributed by atoms with Crippen molar-refractivity contribution in [1.82, 2.24) is 19.7 Å². The molecule has 0 unspecified atom stereocenters. The molecule has 0 aliphatic carbocycles. The highest BCUT2D eigenvalue weighted by atomic mass is 16.5. The summed E-state index contributed by atoms with van der Waals surface area (Å²) in [6, 6.07) is 1.88. The molecule has 0 aromatic carbocycles. The van der Waals surface area contributed by atoms with Crippen molar-refractivity contribution in [1.29, 1.82) is 0 Å². The topological polar surface area (TPSA) is 60.2 Å². The average Bonchev–Trinajstić information content (AvgIpc) is 2.80. The van der Waals surface area contributed by atoms with E-state index < -0.39 is 0 Å². The molecule has 1 aliphatic heterocycles. The van der Waals surface area contributed by atoms with Gasteiger partial charge in [-0.25, -0.2) is 0 Å². The lowest BCUT2D eigenvalue weighted by Crippen LogP contribution is -2.40. The van der Waals surface area contributed by atoms with Crippen LogP contribution in [0.1, 0.15) is 31.0 Å². The van der Waals surface area contributed by atoms with Crippen molar-refractivity contribution in [3.8, 4) is 5.88 Å². The van der Waals surface area contributed by atoms with Crippen molar-refractivity contribution in [2.45, 2.75) is 33.6 Å². The Morgan fingerprint density at radius 3 is 2.74 bits per heavy atom. The molecule has 2 aromatic heterocycles. The molecule has 1 amide bonds. The molecule has 2 aromatic rings. The zero-order chi connectivity index (χ0) is 16.6. The van der Waals surface area contributed by atoms with Gasteiger partial charge in [0.2, 0.25) is 5.88 Å². The van der Waals surface area contributed by atoms with Gasteiger partial charge in [-0.1, -0.05) is 6.92 Å². The lowest BCUT2D eigenvalue weighted by Gasteiger charge is -2.30. The molecule has 0 atom stereocenters. The van der Waals surface area contributed by atoms with Crippen molar-refractivity contribution >= 4 is 16.9 Å². The zero-order valence-corrected chi connectivity index (χ0v) is 14.3. The molecule has 6 nitrogen and oxygen atoms in total. The van der Waals surface area contributed by atoms with Crippen LogP contribution in [0.3, 0.4) is 0 Å². The number of rotatable bonds is 3. The van der Waals surface area contributed by atoms with Gasteiger partial charge in [0.05, 0.1) is 5.69 Å². The smallest absolute Gasteiger partial charge is 0.260 e. The van der Waals surface area contributed by atoms with Gasteiger partial charge in [0.25, 0.3) is 5.91 Å². The number of piperidine rings is 1. The molecule has 0 radical (unpaired) electrons. The van der Waals surface area contributed by atoms with Gasteiger partial charge in [0.1, 0.15) is 0 Å². The van der Waals surface area contributed by atoms with Crippen LogP contribution in [0.4, 0.5) is 0 Å². The third-order valence-corrected chi connectivity index (χ3v) is 4.62. The van der Waals surface area contributed by atoms with Gasteiger partial charge in [0.15, 0.2) is 12.3 Å². The SMILES string of the molecule is Cc1cc(OCC(=O)N2CCC(C)CC2)nc2c1c(C)nn2C. The number of amides is 1. The van der Waals surface area contributed by atoms with Crippen molar-refractivity contribution in [3.63, 3.8) is 0 Å². The number of nitrogens with zero attached hydrogens (tertiary/aromatic N) is 4. The van der Waals surface area contributed by atoms with Gasteiger partial charge in [0, 0.05) is 31.6 Å². The molecular weight excluding hydrogens is 292 g/mol. The predicted molar refractivity (Wildman–Crippen MR) is 88.5 cm³/mol. The Balaban J connectivity index is 1.70. The Hall–Kier alpha value is -2.11. The van der Waals surface area contributed by atoms with Crippen LogP contribution in [-0.2, 0) is 11.8 Å². The summed E-state index contributed by atoms with van der Waals surface area (Å²) in [5.41, 5.74) is 2.81. The number of pyridine rings is 1. The molecule has 1 aliphatic rings. The summed E-state index contributed by atoms with van der Waals surface area (Å²) >= 11 is 0. The van der Waals surface area contributed by atoms with Crippen molar-refractivity contribution in [2.24, 2.45) is 13.0 Å². The molecular formula is C17H24N4O2. The van der Waals surface area contributed by atoms with Crippen LogP contribution in [0.5, 0.6) is 5.88 Å². The minimum atomic E-state index is 0.0395. The Kier molecular flexibility index (Phi) is 4.24. The summed E-state index contributed by atoms with van der Waals surface area (Å²) in [7, 11) is 1.87. The largest absolute Gasteiger partial charge is 0.467 e. The number of carbonyl (C=O) groups is 1. The summed E-state index contributed by atoms with van der Waals surface area (Å²) < 4.78 is 7.41. The maximum atomic E-state index is 12.3. The van der Waals surface area contributed by atoms with Crippen LogP contribution >= 0.6 is 0 Å². The lowest BCUT2D eigenvalue weighted by molar-refractivity contribution is -0.134. The van der Waals surface area contributed by atoms with Crippen LogP contribution < -0.4 is 4.74 Å². The summed E-state index contributed by atoms with van der Waals surface area (Å²) in [5, 5.41) is 5.44. The third-order valence-electron chi connectivity index (χ3n) is 4.62. The minimum Gasteiger partial charge on any atom is -0.467 e. The van der Waals surface area contributed by atoms with Gasteiger partial charge in [-0.2, -0.15) is 10.1 Å². The van der Waals surface area contributed by atoms with E-state index in [2.05, 4.69) is 17.0 Å². The van der Waals surface area contributed by atoms with E-state index in [9.17, 15) is 4.79 Å². The first kappa shape index (κ1) is 15.8. The second-order valence-corrected chi connectivity index (χ2v) is 6.54. The molecule has 23 heavy (non-hydrogen) atoms. The quantitative estimate of drug-likeness (QED) is 0.871. The van der Waals surface area contributed by atoms with E-state index in [0.29, 0.717) is 11.8 Å². The fourth-order valence-electron chi connectivity index (χ4n) is 3.19. The first-order valence-corrected chi connectivity index (χ1v) is 8.17. The fraction of sp³-hybridized carbons (Fsp3) is 0.588. The van der Waals surface area contributed by atoms with Crippen LogP contribution in [0, 0.1) is 19.8 Å². The third kappa shape index (κ3) is 3.16. The highest BCUT2D eigenvalue weighted by Crippen LogP contribution is 2.24. The van der Waals surface area contributed by atoms with Crippen LogP contribution in [0.15, 0.2) is 6.07 Å². The predicted octanol–water partition coefficient (Wildman–Crippen LogP) is 2.22. The van der Waals surface area contributed by atoms with Gasteiger partial charge >= 0.3 is 0 Å². The normalized spacial score (nSPS) is 16.1. The highest BCUT2D eigenvalue weighted by Gasteiger charge is 2.21. The lowest BCUT2D eigenvalue weighted by atomic mass is 9.99. The maximum absolute atomic E-state index is 12.3. The zero-order valence-electron chi connectivity index (χ0n) is 14.3. The second kappa shape index (κ2) is 6.18. The number of carbonyl (C=O) groups excluding carboxylic acids is 1. The van der Waals surface area contributed by atoms with E-state index in [1.54, 1.807) is 4.68 Å². The summed E-state index contributed by atoms with van der Waals surface area (Å²) in [5.74, 6) is 1.23. The Morgan fingerprint density at radius 1 is 1.35 bits per heavy atom. The van der Waals surface area contributed by atoms with Gasteiger partial charge in [-0.15, -0.1) is 0 Å². The van der Waals surface area contributed by atoms with E-state index in [0.717, 1.165) is 48.2 Å². The first-order valence-electron chi connectivity index (χ1n) is 8.17. The molecule has 1 saturated heterocycles. The number of hydrogen-bond acceptors (Lipinski definition) is 4. The molecule has 0 N–H and O–H groups in total. The number of likely N-dealkylation sites (tertiary alicyclic amines) is 1. The van der Waals surface area contributed by atoms with Crippen molar-refractivity contribution < 1.29 is 9.53 Å². The Bertz CT molecular complexity index is 730. The van der Waals surface area contributed by atoms with Crippen molar-refractivity contribution in [2.75, 3.05) is 19.7 Å². The fourth-order valence-corrected chi connectivity index (χ4v) is 3.19. The van der Waals surface area contributed by atoms with E-state index in [4.69, 9.17) is 4.74 Å². The monoisotopic (exact) mass is 316 g/mol. The van der Waals surface area contributed by atoms with Crippen LogP contribution in [-0.4, -0.2) is 45.3 Å². The summed E-state index contributed by atoms with van der Waals surface area (Å²) in [4.78, 5) is 18.6. The van der Waals surface area contributed by atoms with E-state index in [1.165, 1.54) is 0 Å².